The number of ether oxygens (including phenoxy) is 1. The van der Waals surface area contributed by atoms with E-state index in [-0.39, 0.29) is 6.61 Å². The number of aromatic nitrogens is 3. The molecule has 1 N–H and O–H groups in total. The highest BCUT2D eigenvalue weighted by atomic mass is 35.5. The third-order valence-electron chi connectivity index (χ3n) is 3.47. The van der Waals surface area contributed by atoms with Crippen LogP contribution in [0.4, 0.5) is 0 Å². The highest BCUT2D eigenvalue weighted by Gasteiger charge is 2.06. The fourth-order valence-corrected chi connectivity index (χ4v) is 2.54. The molecule has 0 saturated carbocycles. The van der Waals surface area contributed by atoms with Crippen molar-refractivity contribution < 1.29 is 4.74 Å². The number of rotatable bonds is 6. The van der Waals surface area contributed by atoms with Crippen LogP contribution in [-0.2, 0) is 6.61 Å². The van der Waals surface area contributed by atoms with E-state index in [0.29, 0.717) is 21.4 Å². The van der Waals surface area contributed by atoms with Crippen molar-refractivity contribution in [3.05, 3.63) is 81.4 Å². The van der Waals surface area contributed by atoms with Crippen LogP contribution in [0.15, 0.2) is 65.3 Å². The molecule has 5 nitrogen and oxygen atoms in total. The zero-order valence-corrected chi connectivity index (χ0v) is 15.7. The Morgan fingerprint density at radius 2 is 1.96 bits per heavy atom. The van der Waals surface area contributed by atoms with Gasteiger partial charge in [0.2, 0.25) is 4.77 Å². The van der Waals surface area contributed by atoms with Gasteiger partial charge < -0.3 is 4.74 Å². The third kappa shape index (κ3) is 4.91. The Kier molecular flexibility index (Phi) is 5.99. The molecule has 7 heteroatoms. The quantitative estimate of drug-likeness (QED) is 0.474. The minimum Gasteiger partial charge on any atom is -0.486 e. The lowest BCUT2D eigenvalue weighted by atomic mass is 10.1. The van der Waals surface area contributed by atoms with Crippen LogP contribution in [0.1, 0.15) is 18.3 Å². The number of H-pyrrole nitrogens is 1. The summed E-state index contributed by atoms with van der Waals surface area (Å²) < 4.78 is 7.66. The Bertz CT molecular complexity index is 975. The monoisotopic (exact) mass is 384 g/mol. The van der Waals surface area contributed by atoms with E-state index < -0.39 is 0 Å². The smallest absolute Gasteiger partial charge is 0.216 e. The average molecular weight is 385 g/mol. The molecule has 0 fully saturated rings. The molecular weight excluding hydrogens is 368 g/mol. The molecule has 26 heavy (non-hydrogen) atoms. The minimum atomic E-state index is 0.230. The van der Waals surface area contributed by atoms with E-state index in [1.54, 1.807) is 35.2 Å². The molecule has 2 aromatic carbocycles. The molecule has 3 rings (SSSR count). The van der Waals surface area contributed by atoms with Crippen molar-refractivity contribution in [3.8, 4) is 5.75 Å². The van der Waals surface area contributed by atoms with Gasteiger partial charge in [0.25, 0.3) is 0 Å². The summed E-state index contributed by atoms with van der Waals surface area (Å²) in [5, 5.41) is 12.0. The summed E-state index contributed by atoms with van der Waals surface area (Å²) >= 11 is 11.1. The van der Waals surface area contributed by atoms with Gasteiger partial charge in [-0.2, -0.15) is 14.9 Å². The van der Waals surface area contributed by atoms with Crippen LogP contribution < -0.4 is 4.74 Å². The standard InChI is InChI=1S/C19H17ClN4OS/c1-14(11-15-5-3-2-4-6-15)12-21-24-18(22-23-19(24)26)13-25-17-9-7-16(20)8-10-17/h2-12H,13H2,1H3,(H,23,26)/b14-11+,21-12-. The first-order valence-electron chi connectivity index (χ1n) is 7.94. The molecule has 0 bridgehead atoms. The van der Waals surface area contributed by atoms with Crippen molar-refractivity contribution in [1.82, 2.24) is 14.9 Å². The second-order valence-corrected chi connectivity index (χ2v) is 6.37. The average Bonchev–Trinajstić information content (AvgIpc) is 3.00. The van der Waals surface area contributed by atoms with E-state index >= 15 is 0 Å². The number of hydrogen-bond donors (Lipinski definition) is 1. The number of nitrogens with one attached hydrogen (secondary N) is 1. The summed E-state index contributed by atoms with van der Waals surface area (Å²) in [5.41, 5.74) is 2.10. The third-order valence-corrected chi connectivity index (χ3v) is 3.99. The van der Waals surface area contributed by atoms with E-state index in [1.807, 2.05) is 43.3 Å². The van der Waals surface area contributed by atoms with E-state index in [1.165, 1.54) is 0 Å². The van der Waals surface area contributed by atoms with Crippen LogP contribution in [0.25, 0.3) is 6.08 Å². The summed E-state index contributed by atoms with van der Waals surface area (Å²) in [5.74, 6) is 1.27. The Morgan fingerprint density at radius 1 is 1.23 bits per heavy atom. The molecule has 0 atom stereocenters. The molecule has 0 aliphatic heterocycles. The topological polar surface area (TPSA) is 55.2 Å². The number of hydrogen-bond acceptors (Lipinski definition) is 4. The molecular formula is C19H17ClN4OS. The maximum Gasteiger partial charge on any atom is 0.216 e. The van der Waals surface area contributed by atoms with Crippen LogP contribution in [0.5, 0.6) is 5.75 Å². The van der Waals surface area contributed by atoms with Crippen molar-refractivity contribution in [3.63, 3.8) is 0 Å². The van der Waals surface area contributed by atoms with Crippen LogP contribution in [0, 0.1) is 4.77 Å². The van der Waals surface area contributed by atoms with Crippen molar-refractivity contribution >= 4 is 36.1 Å². The normalized spacial score (nSPS) is 11.8. The van der Waals surface area contributed by atoms with Gasteiger partial charge in [-0.25, -0.2) is 5.10 Å². The highest BCUT2D eigenvalue weighted by molar-refractivity contribution is 7.71. The predicted molar refractivity (Wildman–Crippen MR) is 107 cm³/mol. The molecule has 0 aliphatic rings. The second kappa shape index (κ2) is 8.60. The van der Waals surface area contributed by atoms with E-state index in [0.717, 1.165) is 11.1 Å². The van der Waals surface area contributed by atoms with E-state index in [2.05, 4.69) is 15.3 Å². The zero-order chi connectivity index (χ0) is 18.4. The Morgan fingerprint density at radius 3 is 2.69 bits per heavy atom. The van der Waals surface area contributed by atoms with Crippen LogP contribution in [0.2, 0.25) is 5.02 Å². The summed E-state index contributed by atoms with van der Waals surface area (Å²) in [4.78, 5) is 0. The number of benzene rings is 2. The number of nitrogens with zero attached hydrogens (tertiary/aromatic N) is 3. The first-order chi connectivity index (χ1) is 12.6. The maximum absolute atomic E-state index is 5.87. The van der Waals surface area contributed by atoms with E-state index in [4.69, 9.17) is 28.6 Å². The Balaban J connectivity index is 1.72. The van der Waals surface area contributed by atoms with Gasteiger partial charge in [0.05, 0.1) is 6.21 Å². The lowest BCUT2D eigenvalue weighted by molar-refractivity contribution is 0.290. The van der Waals surface area contributed by atoms with Crippen molar-refractivity contribution in [2.24, 2.45) is 5.10 Å². The predicted octanol–water partition coefficient (Wildman–Crippen LogP) is 5.11. The van der Waals surface area contributed by atoms with Crippen molar-refractivity contribution in [2.45, 2.75) is 13.5 Å². The van der Waals surface area contributed by atoms with Gasteiger partial charge >= 0.3 is 0 Å². The van der Waals surface area contributed by atoms with Crippen LogP contribution in [0.3, 0.4) is 0 Å². The highest BCUT2D eigenvalue weighted by Crippen LogP contribution is 2.16. The minimum absolute atomic E-state index is 0.230. The van der Waals surface area contributed by atoms with Crippen molar-refractivity contribution in [2.75, 3.05) is 0 Å². The first-order valence-corrected chi connectivity index (χ1v) is 8.73. The molecule has 0 spiro atoms. The maximum atomic E-state index is 5.87. The molecule has 132 valence electrons. The summed E-state index contributed by atoms with van der Waals surface area (Å²) in [6.45, 7) is 2.21. The van der Waals surface area contributed by atoms with Gasteiger partial charge in [-0.05, 0) is 54.5 Å². The molecule has 0 unspecified atom stereocenters. The zero-order valence-electron chi connectivity index (χ0n) is 14.1. The van der Waals surface area contributed by atoms with Gasteiger partial charge in [0.1, 0.15) is 12.4 Å². The summed E-state index contributed by atoms with van der Waals surface area (Å²) in [7, 11) is 0. The van der Waals surface area contributed by atoms with Gasteiger partial charge in [-0.3, -0.25) is 0 Å². The largest absolute Gasteiger partial charge is 0.486 e. The van der Waals surface area contributed by atoms with Gasteiger partial charge in [0.15, 0.2) is 5.82 Å². The summed E-state index contributed by atoms with van der Waals surface area (Å²) in [6.07, 6.45) is 3.78. The summed E-state index contributed by atoms with van der Waals surface area (Å²) in [6, 6.07) is 17.2. The lowest BCUT2D eigenvalue weighted by Crippen LogP contribution is -2.04. The molecule has 0 saturated heterocycles. The fourth-order valence-electron chi connectivity index (χ4n) is 2.21. The number of halogens is 1. The number of aromatic amines is 1. The van der Waals surface area contributed by atoms with Crippen LogP contribution >= 0.6 is 23.8 Å². The number of allylic oxidation sites excluding steroid dienone is 1. The molecule has 0 amide bonds. The van der Waals surface area contributed by atoms with Crippen molar-refractivity contribution in [1.29, 1.82) is 0 Å². The van der Waals surface area contributed by atoms with Gasteiger partial charge in [0, 0.05) is 5.02 Å². The molecule has 1 heterocycles. The van der Waals surface area contributed by atoms with Gasteiger partial charge in [-0.15, -0.1) is 0 Å². The Labute approximate surface area is 161 Å². The molecule has 1 aromatic heterocycles. The fraction of sp³-hybridized carbons (Fsp3) is 0.105. The second-order valence-electron chi connectivity index (χ2n) is 5.54. The van der Waals surface area contributed by atoms with Crippen LogP contribution in [-0.4, -0.2) is 21.1 Å². The molecule has 0 aliphatic carbocycles. The van der Waals surface area contributed by atoms with Gasteiger partial charge in [-0.1, -0.05) is 48.0 Å². The SMILES string of the molecule is CC(/C=N\n1c(COc2ccc(Cl)cc2)n[nH]c1=S)=C\c1ccccc1. The molecule has 0 radical (unpaired) electrons. The first kappa shape index (κ1) is 18.1. The Hall–Kier alpha value is -2.70. The van der Waals surface area contributed by atoms with E-state index in [9.17, 15) is 0 Å². The lowest BCUT2D eigenvalue weighted by Gasteiger charge is -2.05. The molecule has 3 aromatic rings.